The van der Waals surface area contributed by atoms with E-state index in [1.54, 1.807) is 37.3 Å². The standard InChI is InChI=1S/C32H35F3O2/c1-3-4-19-37-27-16-18-28(30(33)20-27)24-8-5-22(6-9-24)7-10-26-15-17-29(32(35)31(26)34)25-13-11-23(12-14-25)21(2)36/h3,5-6,8-9,15-18,20-21,23,25,36H,1,4,7,10-14,19H2,2H3. The van der Waals surface area contributed by atoms with E-state index >= 15 is 0 Å². The number of ether oxygens (including phenoxy) is 1. The second-order valence-electron chi connectivity index (χ2n) is 10.1. The van der Waals surface area contributed by atoms with Crippen LogP contribution < -0.4 is 4.74 Å². The van der Waals surface area contributed by atoms with Crippen LogP contribution in [0.2, 0.25) is 0 Å². The summed E-state index contributed by atoms with van der Waals surface area (Å²) in [6.45, 7) is 5.89. The molecule has 1 aliphatic rings. The third-order valence-electron chi connectivity index (χ3n) is 7.57. The van der Waals surface area contributed by atoms with Crippen LogP contribution in [0.5, 0.6) is 5.75 Å². The Morgan fingerprint density at radius 1 is 0.946 bits per heavy atom. The minimum Gasteiger partial charge on any atom is -0.493 e. The predicted octanol–water partition coefficient (Wildman–Crippen LogP) is 8.17. The van der Waals surface area contributed by atoms with Crippen molar-refractivity contribution < 1.29 is 23.0 Å². The minimum absolute atomic E-state index is 0.000682. The lowest BCUT2D eigenvalue weighted by molar-refractivity contribution is 0.0963. The second kappa shape index (κ2) is 12.5. The summed E-state index contributed by atoms with van der Waals surface area (Å²) in [5.41, 5.74) is 3.00. The van der Waals surface area contributed by atoms with Crippen molar-refractivity contribution in [2.24, 2.45) is 5.92 Å². The number of halogens is 3. The van der Waals surface area contributed by atoms with Crippen molar-refractivity contribution in [3.05, 3.63) is 101 Å². The average molecular weight is 509 g/mol. The molecule has 0 radical (unpaired) electrons. The molecule has 0 aliphatic heterocycles. The van der Waals surface area contributed by atoms with Crippen LogP contribution in [-0.2, 0) is 12.8 Å². The first kappa shape index (κ1) is 27.0. The van der Waals surface area contributed by atoms with E-state index in [0.29, 0.717) is 48.3 Å². The summed E-state index contributed by atoms with van der Waals surface area (Å²) < 4.78 is 50.0. The van der Waals surface area contributed by atoms with Crippen LogP contribution in [0.4, 0.5) is 13.2 Å². The van der Waals surface area contributed by atoms with Crippen LogP contribution in [0, 0.1) is 23.4 Å². The van der Waals surface area contributed by atoms with Gasteiger partial charge in [-0.15, -0.1) is 6.58 Å². The Balaban J connectivity index is 1.37. The van der Waals surface area contributed by atoms with Gasteiger partial charge in [0.1, 0.15) is 11.6 Å². The van der Waals surface area contributed by atoms with Gasteiger partial charge in [0.2, 0.25) is 0 Å². The smallest absolute Gasteiger partial charge is 0.162 e. The molecule has 1 fully saturated rings. The first-order chi connectivity index (χ1) is 17.9. The van der Waals surface area contributed by atoms with Gasteiger partial charge in [-0.2, -0.15) is 0 Å². The summed E-state index contributed by atoms with van der Waals surface area (Å²) >= 11 is 0. The van der Waals surface area contributed by atoms with Crippen molar-refractivity contribution in [3.8, 4) is 16.9 Å². The maximum Gasteiger partial charge on any atom is 0.162 e. The van der Waals surface area contributed by atoms with E-state index < -0.39 is 11.6 Å². The molecule has 196 valence electrons. The van der Waals surface area contributed by atoms with Crippen LogP contribution in [0.1, 0.15) is 61.6 Å². The third kappa shape index (κ3) is 6.64. The van der Waals surface area contributed by atoms with Gasteiger partial charge in [-0.25, -0.2) is 13.2 Å². The molecule has 3 aromatic carbocycles. The zero-order valence-corrected chi connectivity index (χ0v) is 21.4. The Bertz CT molecular complexity index is 1200. The molecule has 4 rings (SSSR count). The van der Waals surface area contributed by atoms with Gasteiger partial charge in [0, 0.05) is 11.6 Å². The van der Waals surface area contributed by atoms with Gasteiger partial charge in [-0.05, 0) is 98.1 Å². The van der Waals surface area contributed by atoms with E-state index in [1.807, 2.05) is 24.3 Å². The van der Waals surface area contributed by atoms with Gasteiger partial charge in [0.15, 0.2) is 11.6 Å². The Kier molecular flexibility index (Phi) is 9.09. The highest BCUT2D eigenvalue weighted by Crippen LogP contribution is 2.39. The molecule has 0 heterocycles. The summed E-state index contributed by atoms with van der Waals surface area (Å²) in [4.78, 5) is 0. The second-order valence-corrected chi connectivity index (χ2v) is 10.1. The topological polar surface area (TPSA) is 29.5 Å². The SMILES string of the molecule is C=CCCOc1ccc(-c2ccc(CCc3ccc(C4CCC(C(C)O)CC4)c(F)c3F)cc2)c(F)c1. The molecule has 0 bridgehead atoms. The monoisotopic (exact) mass is 508 g/mol. The maximum absolute atomic E-state index is 14.9. The summed E-state index contributed by atoms with van der Waals surface area (Å²) in [6.07, 6.45) is 6.21. The number of aliphatic hydroxyl groups is 1. The molecule has 1 atom stereocenters. The van der Waals surface area contributed by atoms with E-state index in [-0.39, 0.29) is 23.8 Å². The molecule has 2 nitrogen and oxygen atoms in total. The normalized spacial score (nSPS) is 18.4. The molecule has 0 saturated heterocycles. The number of hydrogen-bond donors (Lipinski definition) is 1. The summed E-state index contributed by atoms with van der Waals surface area (Å²) in [5.74, 6) is -1.13. The van der Waals surface area contributed by atoms with Crippen molar-refractivity contribution >= 4 is 0 Å². The maximum atomic E-state index is 14.9. The molecule has 37 heavy (non-hydrogen) atoms. The molecule has 1 unspecified atom stereocenters. The Labute approximate surface area is 217 Å². The predicted molar refractivity (Wildman–Crippen MR) is 142 cm³/mol. The molecule has 0 aromatic heterocycles. The van der Waals surface area contributed by atoms with Gasteiger partial charge in [0.05, 0.1) is 12.7 Å². The van der Waals surface area contributed by atoms with Gasteiger partial charge < -0.3 is 9.84 Å². The Morgan fingerprint density at radius 3 is 2.32 bits per heavy atom. The number of benzene rings is 3. The summed E-state index contributed by atoms with van der Waals surface area (Å²) in [6, 6.07) is 15.7. The van der Waals surface area contributed by atoms with Crippen LogP contribution in [-0.4, -0.2) is 17.8 Å². The van der Waals surface area contributed by atoms with Crippen molar-refractivity contribution in [2.45, 2.75) is 63.9 Å². The summed E-state index contributed by atoms with van der Waals surface area (Å²) in [5, 5.41) is 9.79. The first-order valence-electron chi connectivity index (χ1n) is 13.1. The molecule has 1 saturated carbocycles. The molecule has 3 aromatic rings. The number of hydrogen-bond acceptors (Lipinski definition) is 2. The zero-order valence-electron chi connectivity index (χ0n) is 21.4. The van der Waals surface area contributed by atoms with Crippen molar-refractivity contribution in [2.75, 3.05) is 6.61 Å². The quantitative estimate of drug-likeness (QED) is 0.221. The highest BCUT2D eigenvalue weighted by Gasteiger charge is 2.28. The van der Waals surface area contributed by atoms with Crippen LogP contribution in [0.3, 0.4) is 0 Å². The van der Waals surface area contributed by atoms with E-state index in [1.165, 1.54) is 6.07 Å². The molecular weight excluding hydrogens is 473 g/mol. The van der Waals surface area contributed by atoms with Gasteiger partial charge in [-0.1, -0.05) is 42.5 Å². The number of rotatable bonds is 10. The van der Waals surface area contributed by atoms with Gasteiger partial charge in [-0.3, -0.25) is 0 Å². The van der Waals surface area contributed by atoms with E-state index in [0.717, 1.165) is 36.8 Å². The molecular formula is C32H35F3O2. The number of aryl methyl sites for hydroxylation is 2. The van der Waals surface area contributed by atoms with Crippen LogP contribution in [0.15, 0.2) is 67.3 Å². The lowest BCUT2D eigenvalue weighted by Crippen LogP contribution is -2.23. The average Bonchev–Trinajstić information content (AvgIpc) is 2.90. The van der Waals surface area contributed by atoms with Crippen molar-refractivity contribution in [1.29, 1.82) is 0 Å². The highest BCUT2D eigenvalue weighted by atomic mass is 19.2. The van der Waals surface area contributed by atoms with E-state index in [9.17, 15) is 18.3 Å². The molecule has 1 N–H and O–H groups in total. The van der Waals surface area contributed by atoms with E-state index in [4.69, 9.17) is 4.74 Å². The first-order valence-corrected chi connectivity index (χ1v) is 13.1. The lowest BCUT2D eigenvalue weighted by atomic mass is 9.76. The fraction of sp³-hybridized carbons (Fsp3) is 0.375. The number of aliphatic hydroxyl groups excluding tert-OH is 1. The Morgan fingerprint density at radius 2 is 1.68 bits per heavy atom. The van der Waals surface area contributed by atoms with Crippen molar-refractivity contribution in [3.63, 3.8) is 0 Å². The van der Waals surface area contributed by atoms with Gasteiger partial charge >= 0.3 is 0 Å². The zero-order chi connectivity index (χ0) is 26.4. The Hall–Kier alpha value is -3.05. The minimum atomic E-state index is -0.760. The fourth-order valence-electron chi connectivity index (χ4n) is 5.24. The van der Waals surface area contributed by atoms with Crippen LogP contribution in [0.25, 0.3) is 11.1 Å². The molecule has 5 heteroatoms. The fourth-order valence-corrected chi connectivity index (χ4v) is 5.24. The van der Waals surface area contributed by atoms with E-state index in [2.05, 4.69) is 6.58 Å². The summed E-state index contributed by atoms with van der Waals surface area (Å²) in [7, 11) is 0. The largest absolute Gasteiger partial charge is 0.493 e. The molecule has 1 aliphatic carbocycles. The molecule has 0 spiro atoms. The third-order valence-corrected chi connectivity index (χ3v) is 7.57. The highest BCUT2D eigenvalue weighted by molar-refractivity contribution is 5.65. The lowest BCUT2D eigenvalue weighted by Gasteiger charge is -2.30. The van der Waals surface area contributed by atoms with Crippen LogP contribution >= 0.6 is 0 Å². The van der Waals surface area contributed by atoms with Gasteiger partial charge in [0.25, 0.3) is 0 Å². The van der Waals surface area contributed by atoms with Crippen molar-refractivity contribution in [1.82, 2.24) is 0 Å². The molecule has 0 amide bonds.